The van der Waals surface area contributed by atoms with Crippen molar-refractivity contribution in [3.8, 4) is 11.5 Å². The number of carbonyl (C=O) groups excluding carboxylic acids is 1. The second-order valence-corrected chi connectivity index (χ2v) is 12.3. The predicted octanol–water partition coefficient (Wildman–Crippen LogP) is 8.83. The molecule has 0 aliphatic rings. The molecule has 3 rings (SSSR count). The standard InChI is InChI=1S/C35H51N3O3S/c1-5-6-7-8-9-10-11-12-13-14-15-16-22-41-34-24-31(20-21-33(34)40-4)27-38(35(39)36-3)32-19-17-18-30(23-32)26-37-25-29(2)42-28-37/h17-21,23-25,28H,5-16,22,26-27H2,1-4H3/p+1. The zero-order valence-corrected chi connectivity index (χ0v) is 27.1. The van der Waals surface area contributed by atoms with Gasteiger partial charge < -0.3 is 14.8 Å². The Bertz CT molecular complexity index is 1200. The minimum Gasteiger partial charge on any atom is -0.493 e. The van der Waals surface area contributed by atoms with Gasteiger partial charge >= 0.3 is 6.03 Å². The largest absolute Gasteiger partial charge is 0.493 e. The average Bonchev–Trinajstić information content (AvgIpc) is 3.42. The highest BCUT2D eigenvalue weighted by molar-refractivity contribution is 7.09. The quantitative estimate of drug-likeness (QED) is 0.105. The van der Waals surface area contributed by atoms with Crippen molar-refractivity contribution in [2.45, 2.75) is 104 Å². The molecule has 7 heteroatoms. The number of aryl methyl sites for hydroxylation is 1. The summed E-state index contributed by atoms with van der Waals surface area (Å²) in [5.41, 5.74) is 5.10. The number of thiazole rings is 1. The Hall–Kier alpha value is -3.06. The number of nitrogens with zero attached hydrogens (tertiary/aromatic N) is 2. The van der Waals surface area contributed by atoms with Crippen LogP contribution in [0.15, 0.2) is 54.2 Å². The van der Waals surface area contributed by atoms with E-state index in [1.807, 2.05) is 30.3 Å². The summed E-state index contributed by atoms with van der Waals surface area (Å²) in [7, 11) is 3.33. The van der Waals surface area contributed by atoms with Crippen molar-refractivity contribution in [2.75, 3.05) is 25.7 Å². The first-order valence-electron chi connectivity index (χ1n) is 15.9. The smallest absolute Gasteiger partial charge is 0.321 e. The van der Waals surface area contributed by atoms with Crippen LogP contribution >= 0.6 is 11.3 Å². The average molecular weight is 595 g/mol. The summed E-state index contributed by atoms with van der Waals surface area (Å²) in [5, 5.41) is 2.80. The highest BCUT2D eigenvalue weighted by Gasteiger charge is 2.18. The summed E-state index contributed by atoms with van der Waals surface area (Å²) in [6.45, 7) is 6.23. The summed E-state index contributed by atoms with van der Waals surface area (Å²) >= 11 is 1.73. The molecule has 1 N–H and O–H groups in total. The second-order valence-electron chi connectivity index (χ2n) is 11.2. The molecule has 3 aromatic rings. The summed E-state index contributed by atoms with van der Waals surface area (Å²) in [5.74, 6) is 1.45. The van der Waals surface area contributed by atoms with Gasteiger partial charge in [0.25, 0.3) is 0 Å². The van der Waals surface area contributed by atoms with Crippen LogP contribution in [0.1, 0.15) is 100.0 Å². The van der Waals surface area contributed by atoms with Crippen molar-refractivity contribution in [2.24, 2.45) is 0 Å². The van der Waals surface area contributed by atoms with E-state index >= 15 is 0 Å². The molecule has 0 fully saturated rings. The summed E-state index contributed by atoms with van der Waals surface area (Å²) in [6, 6.07) is 14.0. The minimum atomic E-state index is -0.152. The number of carbonyl (C=O) groups is 1. The van der Waals surface area contributed by atoms with Crippen LogP contribution in [0, 0.1) is 6.92 Å². The van der Waals surface area contributed by atoms with Crippen molar-refractivity contribution < 1.29 is 18.8 Å². The van der Waals surface area contributed by atoms with E-state index in [1.165, 1.54) is 75.5 Å². The molecule has 0 saturated carbocycles. The number of hydrogen-bond acceptors (Lipinski definition) is 4. The molecule has 1 heterocycles. The molecular weight excluding hydrogens is 542 g/mol. The number of unbranched alkanes of at least 4 members (excludes halogenated alkanes) is 11. The number of aromatic nitrogens is 1. The van der Waals surface area contributed by atoms with Crippen molar-refractivity contribution in [3.05, 3.63) is 70.2 Å². The van der Waals surface area contributed by atoms with E-state index in [0.29, 0.717) is 18.9 Å². The maximum atomic E-state index is 13.0. The third kappa shape index (κ3) is 11.7. The monoisotopic (exact) mass is 594 g/mol. The molecule has 42 heavy (non-hydrogen) atoms. The fourth-order valence-electron chi connectivity index (χ4n) is 5.22. The van der Waals surface area contributed by atoms with Gasteiger partial charge in [0.2, 0.25) is 5.51 Å². The summed E-state index contributed by atoms with van der Waals surface area (Å²) in [4.78, 5) is 16.0. The van der Waals surface area contributed by atoms with Crippen LogP contribution in [0.5, 0.6) is 11.5 Å². The Labute approximate surface area is 258 Å². The molecule has 0 unspecified atom stereocenters. The van der Waals surface area contributed by atoms with Gasteiger partial charge in [-0.1, -0.05) is 107 Å². The predicted molar refractivity (Wildman–Crippen MR) is 175 cm³/mol. The van der Waals surface area contributed by atoms with Gasteiger partial charge in [0.1, 0.15) is 0 Å². The number of benzene rings is 2. The molecule has 6 nitrogen and oxygen atoms in total. The van der Waals surface area contributed by atoms with E-state index in [1.54, 1.807) is 30.4 Å². The highest BCUT2D eigenvalue weighted by Crippen LogP contribution is 2.30. The van der Waals surface area contributed by atoms with E-state index in [2.05, 4.69) is 47.6 Å². The van der Waals surface area contributed by atoms with Crippen molar-refractivity contribution in [1.82, 2.24) is 5.32 Å². The Kier molecular flexibility index (Phi) is 15.3. The molecule has 2 amide bonds. The van der Waals surface area contributed by atoms with Gasteiger partial charge in [-0.3, -0.25) is 4.90 Å². The molecule has 0 saturated heterocycles. The fraction of sp³-hybridized carbons (Fsp3) is 0.543. The zero-order chi connectivity index (χ0) is 30.0. The van der Waals surface area contributed by atoms with Crippen LogP contribution in [0.2, 0.25) is 0 Å². The number of hydrogen-bond donors (Lipinski definition) is 1. The minimum absolute atomic E-state index is 0.152. The van der Waals surface area contributed by atoms with E-state index in [4.69, 9.17) is 9.47 Å². The van der Waals surface area contributed by atoms with Gasteiger partial charge in [-0.15, -0.1) is 0 Å². The molecule has 0 aliphatic carbocycles. The molecule has 2 aromatic carbocycles. The first kappa shape index (κ1) is 33.4. The van der Waals surface area contributed by atoms with Crippen LogP contribution in [0.4, 0.5) is 10.5 Å². The maximum Gasteiger partial charge on any atom is 0.321 e. The van der Waals surface area contributed by atoms with Crippen LogP contribution < -0.4 is 24.3 Å². The van der Waals surface area contributed by atoms with Crippen LogP contribution in [-0.2, 0) is 13.1 Å². The Morgan fingerprint density at radius 3 is 2.19 bits per heavy atom. The SMILES string of the molecule is CCCCCCCCCCCCCCOc1cc(CN(C(=O)NC)c2cccc(C[n+]3csc(C)c3)c2)ccc1OC. The maximum absolute atomic E-state index is 13.0. The third-order valence-electron chi connectivity index (χ3n) is 7.59. The Morgan fingerprint density at radius 1 is 0.881 bits per heavy atom. The van der Waals surface area contributed by atoms with Crippen molar-refractivity contribution >= 4 is 23.1 Å². The Morgan fingerprint density at radius 2 is 1.57 bits per heavy atom. The lowest BCUT2D eigenvalue weighted by Gasteiger charge is -2.23. The molecule has 230 valence electrons. The van der Waals surface area contributed by atoms with Gasteiger partial charge in [0, 0.05) is 18.3 Å². The fourth-order valence-corrected chi connectivity index (χ4v) is 5.85. The van der Waals surface area contributed by atoms with Crippen molar-refractivity contribution in [1.29, 1.82) is 0 Å². The second kappa shape index (κ2) is 19.2. The van der Waals surface area contributed by atoms with Crippen molar-refractivity contribution in [3.63, 3.8) is 0 Å². The lowest BCUT2D eigenvalue weighted by molar-refractivity contribution is -0.683. The van der Waals surface area contributed by atoms with Gasteiger partial charge in [-0.05, 0) is 43.2 Å². The number of amides is 2. The number of ether oxygens (including phenoxy) is 2. The van der Waals surface area contributed by atoms with E-state index < -0.39 is 0 Å². The summed E-state index contributed by atoms with van der Waals surface area (Å²) < 4.78 is 13.9. The first-order chi connectivity index (χ1) is 20.5. The van der Waals surface area contributed by atoms with Gasteiger partial charge in [0.05, 0.1) is 25.1 Å². The molecule has 0 bridgehead atoms. The number of rotatable bonds is 20. The van der Waals surface area contributed by atoms with Gasteiger partial charge in [0.15, 0.2) is 24.2 Å². The normalized spacial score (nSPS) is 11.0. The number of methoxy groups -OCH3 is 1. The molecule has 0 aliphatic heterocycles. The molecule has 0 spiro atoms. The van der Waals surface area contributed by atoms with Crippen LogP contribution in [0.25, 0.3) is 0 Å². The van der Waals surface area contributed by atoms with Gasteiger partial charge in [-0.2, -0.15) is 4.57 Å². The van der Waals surface area contributed by atoms with Crippen LogP contribution in [0.3, 0.4) is 0 Å². The zero-order valence-electron chi connectivity index (χ0n) is 26.3. The third-order valence-corrected chi connectivity index (χ3v) is 8.45. The highest BCUT2D eigenvalue weighted by atomic mass is 32.1. The molecule has 0 radical (unpaired) electrons. The lowest BCUT2D eigenvalue weighted by atomic mass is 10.1. The number of nitrogens with one attached hydrogen (secondary N) is 1. The van der Waals surface area contributed by atoms with E-state index in [-0.39, 0.29) is 6.03 Å². The van der Waals surface area contributed by atoms with E-state index in [0.717, 1.165) is 35.5 Å². The molecule has 1 aromatic heterocycles. The summed E-state index contributed by atoms with van der Waals surface area (Å²) in [6.07, 6.45) is 18.0. The van der Waals surface area contributed by atoms with Crippen LogP contribution in [-0.4, -0.2) is 26.8 Å². The molecular formula is C35H52N3O3S+. The number of anilines is 1. The topological polar surface area (TPSA) is 54.7 Å². The van der Waals surface area contributed by atoms with Gasteiger partial charge in [-0.25, -0.2) is 4.79 Å². The Balaban J connectivity index is 1.50. The lowest BCUT2D eigenvalue weighted by Crippen LogP contribution is -2.38. The first-order valence-corrected chi connectivity index (χ1v) is 16.7. The van der Waals surface area contributed by atoms with E-state index in [9.17, 15) is 4.79 Å². The molecule has 0 atom stereocenters. The number of urea groups is 1.